The van der Waals surface area contributed by atoms with Gasteiger partial charge in [0.25, 0.3) is 0 Å². The average molecular weight is 150 g/mol. The zero-order chi connectivity index (χ0) is 8.10. The Bertz CT molecular complexity index is 268. The molecule has 0 bridgehead atoms. The summed E-state index contributed by atoms with van der Waals surface area (Å²) in [7, 11) is 1.28. The lowest BCUT2D eigenvalue weighted by Gasteiger charge is -1.78. The molecule has 0 N–H and O–H groups in total. The van der Waals surface area contributed by atoms with Gasteiger partial charge < -0.3 is 0 Å². The quantitative estimate of drug-likeness (QED) is 0.361. The summed E-state index contributed by atoms with van der Waals surface area (Å²) in [5.41, 5.74) is 0.676. The van der Waals surface area contributed by atoms with E-state index in [0.717, 1.165) is 0 Å². The first kappa shape index (κ1) is 7.53. The van der Waals surface area contributed by atoms with Crippen LogP contribution in [0.15, 0.2) is 40.7 Å². The van der Waals surface area contributed by atoms with E-state index in [4.69, 9.17) is 0 Å². The summed E-state index contributed by atoms with van der Waals surface area (Å²) in [5.74, 6) is 0. The smallest absolute Gasteiger partial charge is 0.0619 e. The van der Waals surface area contributed by atoms with Crippen molar-refractivity contribution in [2.24, 2.45) is 10.3 Å². The van der Waals surface area contributed by atoms with Crippen molar-refractivity contribution >= 4 is 5.69 Å². The normalized spacial score (nSPS) is 10.3. The van der Waals surface area contributed by atoms with Gasteiger partial charge in [0, 0.05) is 0 Å². The van der Waals surface area contributed by atoms with Gasteiger partial charge in [-0.05, 0) is 17.0 Å². The SMILES string of the molecule is C[N+](=O)N=Nc1ccccc1. The van der Waals surface area contributed by atoms with E-state index in [1.54, 1.807) is 12.1 Å². The van der Waals surface area contributed by atoms with Crippen molar-refractivity contribution in [2.45, 2.75) is 0 Å². The molecule has 1 rings (SSSR count). The van der Waals surface area contributed by atoms with Crippen molar-refractivity contribution in [3.8, 4) is 0 Å². The Labute approximate surface area is 64.1 Å². The molecule has 0 aliphatic rings. The predicted octanol–water partition coefficient (Wildman–Crippen LogP) is 2.09. The third-order valence-corrected chi connectivity index (χ3v) is 1.04. The van der Waals surface area contributed by atoms with E-state index in [0.29, 0.717) is 10.6 Å². The van der Waals surface area contributed by atoms with Gasteiger partial charge in [-0.1, -0.05) is 18.2 Å². The Balaban J connectivity index is 2.72. The van der Waals surface area contributed by atoms with Gasteiger partial charge in [0.1, 0.15) is 7.05 Å². The lowest BCUT2D eigenvalue weighted by atomic mass is 10.3. The largest absolute Gasteiger partial charge is 0.203 e. The number of rotatable bonds is 2. The fraction of sp³-hybridized carbons (Fsp3) is 0.143. The zero-order valence-corrected chi connectivity index (χ0v) is 6.14. The van der Waals surface area contributed by atoms with E-state index in [9.17, 15) is 4.91 Å². The summed E-state index contributed by atoms with van der Waals surface area (Å²) >= 11 is 0. The fourth-order valence-electron chi connectivity index (χ4n) is 0.609. The van der Waals surface area contributed by atoms with Crippen LogP contribution in [0.25, 0.3) is 0 Å². The second-order valence-corrected chi connectivity index (χ2v) is 1.99. The molecule has 1 aromatic carbocycles. The maximum absolute atomic E-state index is 10.3. The van der Waals surface area contributed by atoms with Gasteiger partial charge in [-0.25, -0.2) is 0 Å². The highest BCUT2D eigenvalue weighted by atomic mass is 16.3. The molecular formula is C7H8N3O+. The van der Waals surface area contributed by atoms with E-state index >= 15 is 0 Å². The lowest BCUT2D eigenvalue weighted by molar-refractivity contribution is -0.532. The maximum atomic E-state index is 10.3. The van der Waals surface area contributed by atoms with Crippen molar-refractivity contribution in [1.29, 1.82) is 0 Å². The zero-order valence-electron chi connectivity index (χ0n) is 6.14. The molecule has 0 radical (unpaired) electrons. The van der Waals surface area contributed by atoms with Crippen molar-refractivity contribution in [1.82, 2.24) is 0 Å². The molecule has 0 unspecified atom stereocenters. The number of nitrogens with zero attached hydrogens (tertiary/aromatic N) is 3. The topological polar surface area (TPSA) is 44.8 Å². The van der Waals surface area contributed by atoms with Crippen LogP contribution in [0.1, 0.15) is 0 Å². The van der Waals surface area contributed by atoms with Crippen LogP contribution in [0.2, 0.25) is 0 Å². The summed E-state index contributed by atoms with van der Waals surface area (Å²) in [6.45, 7) is 0. The Morgan fingerprint density at radius 3 is 2.45 bits per heavy atom. The second-order valence-electron chi connectivity index (χ2n) is 1.99. The van der Waals surface area contributed by atoms with Crippen molar-refractivity contribution in [3.63, 3.8) is 0 Å². The van der Waals surface area contributed by atoms with Gasteiger partial charge in [-0.3, -0.25) is 0 Å². The molecule has 0 atom stereocenters. The third kappa shape index (κ3) is 2.66. The summed E-state index contributed by atoms with van der Waals surface area (Å²) in [6.07, 6.45) is 0. The van der Waals surface area contributed by atoms with E-state index in [1.165, 1.54) is 7.05 Å². The van der Waals surface area contributed by atoms with E-state index in [-0.39, 0.29) is 0 Å². The van der Waals surface area contributed by atoms with Crippen LogP contribution in [-0.2, 0) is 0 Å². The van der Waals surface area contributed by atoms with Crippen LogP contribution in [0, 0.1) is 4.91 Å². The Kier molecular flexibility index (Phi) is 2.43. The van der Waals surface area contributed by atoms with Gasteiger partial charge in [0.05, 0.1) is 9.98 Å². The molecular weight excluding hydrogens is 142 g/mol. The molecule has 0 saturated heterocycles. The first-order chi connectivity index (χ1) is 5.29. The summed E-state index contributed by atoms with van der Waals surface area (Å²) in [4.78, 5) is 10.7. The molecule has 0 fully saturated rings. The van der Waals surface area contributed by atoms with Crippen molar-refractivity contribution in [2.75, 3.05) is 7.05 Å². The predicted molar refractivity (Wildman–Crippen MR) is 40.5 cm³/mol. The summed E-state index contributed by atoms with van der Waals surface area (Å²) in [6, 6.07) is 9.08. The lowest BCUT2D eigenvalue weighted by Crippen LogP contribution is -1.83. The highest BCUT2D eigenvalue weighted by Crippen LogP contribution is 2.09. The van der Waals surface area contributed by atoms with Crippen LogP contribution in [-0.4, -0.2) is 11.9 Å². The molecule has 0 saturated carbocycles. The minimum atomic E-state index is 0.410. The molecule has 4 nitrogen and oxygen atoms in total. The average Bonchev–Trinajstić information content (AvgIpc) is 2.03. The molecule has 11 heavy (non-hydrogen) atoms. The molecule has 0 aliphatic carbocycles. The molecule has 0 aliphatic heterocycles. The first-order valence-electron chi connectivity index (χ1n) is 3.16. The van der Waals surface area contributed by atoms with Crippen LogP contribution in [0.3, 0.4) is 0 Å². The van der Waals surface area contributed by atoms with Crippen LogP contribution in [0.5, 0.6) is 0 Å². The van der Waals surface area contributed by atoms with E-state index in [2.05, 4.69) is 10.3 Å². The maximum Gasteiger partial charge on any atom is 0.203 e. The fourth-order valence-corrected chi connectivity index (χ4v) is 0.609. The molecule has 56 valence electrons. The molecule has 0 amide bonds. The Hall–Kier alpha value is -1.58. The Morgan fingerprint density at radius 2 is 1.91 bits per heavy atom. The highest BCUT2D eigenvalue weighted by Gasteiger charge is 1.94. The van der Waals surface area contributed by atoms with Gasteiger partial charge >= 0.3 is 0 Å². The molecule has 0 spiro atoms. The highest BCUT2D eigenvalue weighted by molar-refractivity contribution is 5.34. The third-order valence-electron chi connectivity index (χ3n) is 1.04. The second kappa shape index (κ2) is 3.55. The number of hydrogen-bond donors (Lipinski definition) is 0. The summed E-state index contributed by atoms with van der Waals surface area (Å²) in [5, 5.41) is 6.94. The molecule has 0 heterocycles. The minimum absolute atomic E-state index is 0.410. The van der Waals surface area contributed by atoms with Crippen LogP contribution in [0.4, 0.5) is 5.69 Å². The number of benzene rings is 1. The van der Waals surface area contributed by atoms with Crippen LogP contribution >= 0.6 is 0 Å². The van der Waals surface area contributed by atoms with Crippen molar-refractivity contribution in [3.05, 3.63) is 35.2 Å². The van der Waals surface area contributed by atoms with E-state index < -0.39 is 0 Å². The van der Waals surface area contributed by atoms with Gasteiger partial charge in [-0.2, -0.15) is 0 Å². The molecule has 1 aromatic rings. The van der Waals surface area contributed by atoms with Crippen LogP contribution < -0.4 is 0 Å². The standard InChI is InChI=1S/C7H8N3O/c1-10(11)9-8-7-5-3-2-4-6-7/h2-6H,1H3/q+1. The van der Waals surface area contributed by atoms with Crippen molar-refractivity contribution < 1.29 is 4.87 Å². The monoisotopic (exact) mass is 150 g/mol. The molecule has 4 heteroatoms. The molecule has 0 aromatic heterocycles. The van der Waals surface area contributed by atoms with Gasteiger partial charge in [-0.15, -0.1) is 0 Å². The minimum Gasteiger partial charge on any atom is -0.0619 e. The van der Waals surface area contributed by atoms with E-state index in [1.807, 2.05) is 18.2 Å². The number of nitroso groups, excluding NO2 is 1. The Morgan fingerprint density at radius 1 is 1.27 bits per heavy atom. The summed E-state index contributed by atoms with van der Waals surface area (Å²) < 4.78 is 0. The van der Waals surface area contributed by atoms with Gasteiger partial charge in [0.2, 0.25) is 5.69 Å². The van der Waals surface area contributed by atoms with Gasteiger partial charge in [0.15, 0.2) is 5.22 Å². The first-order valence-corrected chi connectivity index (χ1v) is 3.16. The number of hydrogen-bond acceptors (Lipinski definition) is 2.